The van der Waals surface area contributed by atoms with Crippen LogP contribution in [0.15, 0.2) is 64.0 Å². The van der Waals surface area contributed by atoms with Gasteiger partial charge in [0.15, 0.2) is 15.7 Å². The molecular formula is C19H17FN4O5S. The third kappa shape index (κ3) is 5.26. The summed E-state index contributed by atoms with van der Waals surface area (Å²) in [7, 11) is -3.68. The maximum absolute atomic E-state index is 13.5. The van der Waals surface area contributed by atoms with Crippen molar-refractivity contribution in [1.82, 2.24) is 20.8 Å². The number of sulfone groups is 1. The Kier molecular flexibility index (Phi) is 6.52. The average Bonchev–Trinajstić information content (AvgIpc) is 3.20. The number of aromatic nitrogens is 2. The van der Waals surface area contributed by atoms with Crippen LogP contribution in [0.5, 0.6) is 0 Å². The summed E-state index contributed by atoms with van der Waals surface area (Å²) in [5, 5.41) is 8.41. The maximum Gasteiger partial charge on any atom is 0.315 e. The summed E-state index contributed by atoms with van der Waals surface area (Å²) in [5.74, 6) is -3.08. The van der Waals surface area contributed by atoms with Crippen molar-refractivity contribution in [3.05, 3.63) is 77.7 Å². The lowest BCUT2D eigenvalue weighted by atomic mass is 10.2. The lowest BCUT2D eigenvalue weighted by Crippen LogP contribution is -2.35. The van der Waals surface area contributed by atoms with Crippen LogP contribution in [0.3, 0.4) is 0 Å². The molecule has 3 rings (SSSR count). The summed E-state index contributed by atoms with van der Waals surface area (Å²) < 4.78 is 42.9. The van der Waals surface area contributed by atoms with Crippen LogP contribution in [0, 0.1) is 5.82 Å². The maximum atomic E-state index is 13.5. The summed E-state index contributed by atoms with van der Waals surface area (Å²) in [6.07, 6.45) is 0. The Morgan fingerprint density at radius 3 is 2.27 bits per heavy atom. The number of rotatable bonds is 8. The van der Waals surface area contributed by atoms with Crippen molar-refractivity contribution in [2.24, 2.45) is 0 Å². The second kappa shape index (κ2) is 9.27. The second-order valence-electron chi connectivity index (χ2n) is 6.08. The zero-order chi connectivity index (χ0) is 21.6. The second-order valence-corrected chi connectivity index (χ2v) is 8.07. The van der Waals surface area contributed by atoms with E-state index in [4.69, 9.17) is 4.52 Å². The summed E-state index contributed by atoms with van der Waals surface area (Å²) in [4.78, 5) is 27.8. The van der Waals surface area contributed by atoms with E-state index in [9.17, 15) is 22.4 Å². The Labute approximate surface area is 171 Å². The normalized spacial score (nSPS) is 11.1. The highest BCUT2D eigenvalue weighted by Gasteiger charge is 2.21. The fourth-order valence-corrected chi connectivity index (χ4v) is 3.65. The van der Waals surface area contributed by atoms with Gasteiger partial charge in [0, 0.05) is 13.1 Å². The van der Waals surface area contributed by atoms with E-state index >= 15 is 0 Å². The van der Waals surface area contributed by atoms with Gasteiger partial charge in [-0.05, 0) is 24.3 Å². The van der Waals surface area contributed by atoms with Crippen LogP contribution in [-0.2, 0) is 15.6 Å². The number of hydrogen-bond donors (Lipinski definition) is 2. The molecule has 0 atom stereocenters. The molecule has 0 bridgehead atoms. The minimum absolute atomic E-state index is 0.0129. The minimum atomic E-state index is -3.68. The van der Waals surface area contributed by atoms with E-state index < -0.39 is 39.1 Å². The molecule has 2 aromatic carbocycles. The highest BCUT2D eigenvalue weighted by atomic mass is 32.2. The van der Waals surface area contributed by atoms with Gasteiger partial charge in [0.2, 0.25) is 0 Å². The molecule has 156 valence electrons. The highest BCUT2D eigenvalue weighted by molar-refractivity contribution is 7.90. The van der Waals surface area contributed by atoms with Gasteiger partial charge >= 0.3 is 11.8 Å². The number of halogens is 1. The van der Waals surface area contributed by atoms with E-state index in [-0.39, 0.29) is 29.4 Å². The van der Waals surface area contributed by atoms with Crippen LogP contribution >= 0.6 is 0 Å². The zero-order valence-corrected chi connectivity index (χ0v) is 16.4. The number of carbonyl (C=O) groups is 2. The van der Waals surface area contributed by atoms with E-state index in [1.54, 1.807) is 18.2 Å². The van der Waals surface area contributed by atoms with Crippen molar-refractivity contribution in [3.8, 4) is 0 Å². The quantitative estimate of drug-likeness (QED) is 0.514. The van der Waals surface area contributed by atoms with Crippen LogP contribution < -0.4 is 10.6 Å². The number of nitrogens with zero attached hydrogens (tertiary/aromatic N) is 2. The molecule has 0 saturated carbocycles. The van der Waals surface area contributed by atoms with Gasteiger partial charge in [-0.25, -0.2) is 12.8 Å². The molecule has 1 heterocycles. The van der Waals surface area contributed by atoms with E-state index in [1.165, 1.54) is 36.4 Å². The molecule has 30 heavy (non-hydrogen) atoms. The molecule has 1 aromatic heterocycles. The van der Waals surface area contributed by atoms with Crippen molar-refractivity contribution in [3.63, 3.8) is 0 Å². The number of amides is 2. The molecule has 0 aliphatic carbocycles. The molecule has 0 radical (unpaired) electrons. The Bertz CT molecular complexity index is 1150. The Morgan fingerprint density at radius 1 is 0.933 bits per heavy atom. The monoisotopic (exact) mass is 432 g/mol. The topological polar surface area (TPSA) is 131 Å². The lowest BCUT2D eigenvalue weighted by molar-refractivity contribution is 0.0897. The van der Waals surface area contributed by atoms with Gasteiger partial charge in [-0.2, -0.15) is 4.98 Å². The Morgan fingerprint density at radius 2 is 1.57 bits per heavy atom. The average molecular weight is 432 g/mol. The van der Waals surface area contributed by atoms with Gasteiger partial charge in [0.05, 0.1) is 10.5 Å². The molecule has 0 spiro atoms. The summed E-state index contributed by atoms with van der Waals surface area (Å²) >= 11 is 0. The Balaban J connectivity index is 1.49. The highest BCUT2D eigenvalue weighted by Crippen LogP contribution is 2.14. The molecule has 3 aromatic rings. The first-order valence-electron chi connectivity index (χ1n) is 8.78. The molecule has 0 fully saturated rings. The van der Waals surface area contributed by atoms with Crippen LogP contribution in [0.1, 0.15) is 26.9 Å². The first-order valence-corrected chi connectivity index (χ1v) is 10.4. The molecule has 0 aliphatic heterocycles. The summed E-state index contributed by atoms with van der Waals surface area (Å²) in [5.41, 5.74) is -0.106. The zero-order valence-electron chi connectivity index (χ0n) is 15.5. The van der Waals surface area contributed by atoms with E-state index in [2.05, 4.69) is 20.8 Å². The third-order valence-electron chi connectivity index (χ3n) is 3.90. The van der Waals surface area contributed by atoms with Gasteiger partial charge in [-0.15, -0.1) is 0 Å². The van der Waals surface area contributed by atoms with Crippen molar-refractivity contribution in [1.29, 1.82) is 0 Å². The number of benzene rings is 2. The summed E-state index contributed by atoms with van der Waals surface area (Å²) in [6, 6.07) is 13.3. The van der Waals surface area contributed by atoms with Crippen LogP contribution in [0.25, 0.3) is 0 Å². The first kappa shape index (κ1) is 21.1. The summed E-state index contributed by atoms with van der Waals surface area (Å²) in [6.45, 7) is 0.0430. The van der Waals surface area contributed by atoms with E-state index in [0.717, 1.165) is 0 Å². The minimum Gasteiger partial charge on any atom is -0.350 e. The molecular weight excluding hydrogens is 415 g/mol. The molecule has 0 aliphatic rings. The van der Waals surface area contributed by atoms with Crippen molar-refractivity contribution in [2.45, 2.75) is 10.6 Å². The number of hydrogen-bond acceptors (Lipinski definition) is 7. The number of carbonyl (C=O) groups excluding carboxylic acids is 2. The molecule has 2 N–H and O–H groups in total. The molecule has 9 nitrogen and oxygen atoms in total. The van der Waals surface area contributed by atoms with E-state index in [1.807, 2.05) is 0 Å². The predicted molar refractivity (Wildman–Crippen MR) is 103 cm³/mol. The standard InChI is InChI=1S/C19H17FN4O5S/c20-15-9-5-4-8-14(15)17(25)21-10-11-22-18(26)19-23-16(24-29-19)12-30(27,28)13-6-2-1-3-7-13/h1-9H,10-12H2,(H,21,25)(H,22,26). The van der Waals surface area contributed by atoms with Gasteiger partial charge in [0.25, 0.3) is 5.91 Å². The molecule has 0 saturated heterocycles. The fraction of sp³-hybridized carbons (Fsp3) is 0.158. The third-order valence-corrected chi connectivity index (χ3v) is 5.53. The van der Waals surface area contributed by atoms with Crippen LogP contribution in [-0.4, -0.2) is 43.5 Å². The van der Waals surface area contributed by atoms with Gasteiger partial charge < -0.3 is 15.2 Å². The van der Waals surface area contributed by atoms with Gasteiger partial charge in [-0.1, -0.05) is 35.5 Å². The van der Waals surface area contributed by atoms with Crippen molar-refractivity contribution >= 4 is 21.7 Å². The van der Waals surface area contributed by atoms with E-state index in [0.29, 0.717) is 0 Å². The van der Waals surface area contributed by atoms with Crippen molar-refractivity contribution < 1.29 is 26.9 Å². The molecule has 11 heteroatoms. The van der Waals surface area contributed by atoms with Gasteiger partial charge in [0.1, 0.15) is 11.6 Å². The largest absolute Gasteiger partial charge is 0.350 e. The van der Waals surface area contributed by atoms with Crippen LogP contribution in [0.2, 0.25) is 0 Å². The first-order chi connectivity index (χ1) is 14.4. The molecule has 0 unspecified atom stereocenters. The SMILES string of the molecule is O=C(NCCNC(=O)c1ccccc1F)c1nc(CS(=O)(=O)c2ccccc2)no1. The molecule has 2 amide bonds. The van der Waals surface area contributed by atoms with Crippen LogP contribution in [0.4, 0.5) is 4.39 Å². The number of nitrogens with one attached hydrogen (secondary N) is 2. The predicted octanol–water partition coefficient (Wildman–Crippen LogP) is 1.34. The Hall–Kier alpha value is -3.60. The lowest BCUT2D eigenvalue weighted by Gasteiger charge is -2.06. The fourth-order valence-electron chi connectivity index (χ4n) is 2.45. The smallest absolute Gasteiger partial charge is 0.315 e. The van der Waals surface area contributed by atoms with Gasteiger partial charge in [-0.3, -0.25) is 9.59 Å². The van der Waals surface area contributed by atoms with Crippen molar-refractivity contribution in [2.75, 3.05) is 13.1 Å².